The molecule has 0 aliphatic rings. The summed E-state index contributed by atoms with van der Waals surface area (Å²) in [6.07, 6.45) is 0.876. The number of methoxy groups -OCH3 is 1. The van der Waals surface area contributed by atoms with Gasteiger partial charge in [-0.1, -0.05) is 47.6 Å². The van der Waals surface area contributed by atoms with Gasteiger partial charge in [0, 0.05) is 24.6 Å². The lowest BCUT2D eigenvalue weighted by Gasteiger charge is -2.22. The average Bonchev–Trinajstić information content (AvgIpc) is 3.24. The van der Waals surface area contributed by atoms with Crippen LogP contribution in [0.15, 0.2) is 66.7 Å². The molecule has 0 unspecified atom stereocenters. The van der Waals surface area contributed by atoms with E-state index in [9.17, 15) is 4.79 Å². The fourth-order valence-electron chi connectivity index (χ4n) is 3.50. The molecule has 4 aromatic rings. The van der Waals surface area contributed by atoms with E-state index in [0.29, 0.717) is 12.1 Å². The molecule has 6 heteroatoms. The third kappa shape index (κ3) is 5.91. The van der Waals surface area contributed by atoms with Crippen molar-refractivity contribution < 1.29 is 14.6 Å². The lowest BCUT2D eigenvalue weighted by molar-refractivity contribution is -0.130. The minimum Gasteiger partial charge on any atom is -0.497 e. The standard InChI is InChI=1S/C27H24N2O3S/c1-19-3-13-25-24(17-19)28-27(33-25)29(16-15-21-8-11-23(32-2)12-9-21)18-22-6-4-20(5-7-22)10-14-26(30)31/h3-9,11-13,17H,15-16,18H2,1-2H3,(H,30,31). The van der Waals surface area contributed by atoms with Crippen molar-refractivity contribution in [1.82, 2.24) is 4.98 Å². The summed E-state index contributed by atoms with van der Waals surface area (Å²) in [5.74, 6) is 4.52. The number of nitrogens with zero attached hydrogens (tertiary/aromatic N) is 2. The Morgan fingerprint density at radius 2 is 1.79 bits per heavy atom. The fourth-order valence-corrected chi connectivity index (χ4v) is 4.47. The molecule has 0 aliphatic carbocycles. The quantitative estimate of drug-likeness (QED) is 0.383. The molecule has 166 valence electrons. The van der Waals surface area contributed by atoms with E-state index < -0.39 is 5.97 Å². The highest BCUT2D eigenvalue weighted by Crippen LogP contribution is 2.30. The Labute approximate surface area is 197 Å². The number of benzene rings is 3. The molecule has 0 amide bonds. The van der Waals surface area contributed by atoms with Gasteiger partial charge in [0.2, 0.25) is 0 Å². The van der Waals surface area contributed by atoms with Crippen molar-refractivity contribution >= 4 is 32.7 Å². The molecule has 5 nitrogen and oxygen atoms in total. The van der Waals surface area contributed by atoms with Crippen LogP contribution in [0, 0.1) is 18.8 Å². The number of carbonyl (C=O) groups is 1. The van der Waals surface area contributed by atoms with Crippen LogP contribution >= 0.6 is 11.3 Å². The van der Waals surface area contributed by atoms with Crippen LogP contribution in [0.5, 0.6) is 5.75 Å². The molecule has 1 heterocycles. The second kappa shape index (κ2) is 10.2. The maximum Gasteiger partial charge on any atom is 0.382 e. The summed E-state index contributed by atoms with van der Waals surface area (Å²) in [4.78, 5) is 17.9. The van der Waals surface area contributed by atoms with E-state index in [1.807, 2.05) is 36.4 Å². The van der Waals surface area contributed by atoms with Gasteiger partial charge in [-0.25, -0.2) is 9.78 Å². The van der Waals surface area contributed by atoms with Crippen LogP contribution in [0.1, 0.15) is 22.3 Å². The van der Waals surface area contributed by atoms with Gasteiger partial charge < -0.3 is 14.7 Å². The highest BCUT2D eigenvalue weighted by Gasteiger charge is 2.14. The first-order valence-electron chi connectivity index (χ1n) is 10.6. The molecule has 0 atom stereocenters. The zero-order valence-corrected chi connectivity index (χ0v) is 19.4. The van der Waals surface area contributed by atoms with Crippen molar-refractivity contribution in [3.8, 4) is 17.6 Å². The number of ether oxygens (including phenoxy) is 1. The van der Waals surface area contributed by atoms with Gasteiger partial charge in [0.15, 0.2) is 5.13 Å². The van der Waals surface area contributed by atoms with E-state index in [0.717, 1.165) is 34.9 Å². The maximum absolute atomic E-state index is 10.7. The lowest BCUT2D eigenvalue weighted by atomic mass is 10.1. The highest BCUT2D eigenvalue weighted by molar-refractivity contribution is 7.22. The van der Waals surface area contributed by atoms with Crippen molar-refractivity contribution in [2.45, 2.75) is 19.9 Å². The normalized spacial score (nSPS) is 10.5. The molecule has 0 aliphatic heterocycles. The van der Waals surface area contributed by atoms with Crippen molar-refractivity contribution in [3.63, 3.8) is 0 Å². The van der Waals surface area contributed by atoms with E-state index in [-0.39, 0.29) is 0 Å². The number of anilines is 1. The first kappa shape index (κ1) is 22.4. The average molecular weight is 457 g/mol. The molecule has 4 rings (SSSR count). The topological polar surface area (TPSA) is 62.7 Å². The van der Waals surface area contributed by atoms with Crippen LogP contribution in [0.3, 0.4) is 0 Å². The molecule has 3 aromatic carbocycles. The summed E-state index contributed by atoms with van der Waals surface area (Å²) in [6, 6.07) is 22.2. The third-order valence-corrected chi connectivity index (χ3v) is 6.37. The largest absolute Gasteiger partial charge is 0.497 e. The smallest absolute Gasteiger partial charge is 0.382 e. The van der Waals surface area contributed by atoms with Crippen LogP contribution in [0.2, 0.25) is 0 Å². The second-order valence-electron chi connectivity index (χ2n) is 7.74. The Balaban J connectivity index is 1.57. The molecular formula is C27H24N2O3S. The third-order valence-electron chi connectivity index (χ3n) is 5.27. The fraction of sp³-hybridized carbons (Fsp3) is 0.185. The van der Waals surface area contributed by atoms with Crippen molar-refractivity contribution in [2.75, 3.05) is 18.6 Å². The molecule has 0 spiro atoms. The minimum atomic E-state index is -1.13. The molecule has 0 saturated carbocycles. The van der Waals surface area contributed by atoms with Crippen molar-refractivity contribution in [1.29, 1.82) is 0 Å². The number of aryl methyl sites for hydroxylation is 1. The van der Waals surface area contributed by atoms with Gasteiger partial charge >= 0.3 is 5.97 Å². The Morgan fingerprint density at radius 3 is 2.48 bits per heavy atom. The molecule has 1 aromatic heterocycles. The second-order valence-corrected chi connectivity index (χ2v) is 8.75. The number of rotatable bonds is 7. The highest BCUT2D eigenvalue weighted by atomic mass is 32.1. The van der Waals surface area contributed by atoms with Gasteiger partial charge in [-0.05, 0) is 66.4 Å². The lowest BCUT2D eigenvalue weighted by Crippen LogP contribution is -2.25. The van der Waals surface area contributed by atoms with Gasteiger partial charge in [-0.3, -0.25) is 0 Å². The first-order valence-corrected chi connectivity index (χ1v) is 11.4. The summed E-state index contributed by atoms with van der Waals surface area (Å²) in [5, 5.41) is 9.73. The Bertz CT molecular complexity index is 1320. The van der Waals surface area contributed by atoms with Crippen molar-refractivity contribution in [3.05, 3.63) is 89.0 Å². The number of aliphatic carboxylic acids is 1. The summed E-state index contributed by atoms with van der Waals surface area (Å²) in [5.41, 5.74) is 5.24. The Morgan fingerprint density at radius 1 is 1.06 bits per heavy atom. The number of carboxylic acid groups (broad SMARTS) is 1. The first-order chi connectivity index (χ1) is 16.0. The van der Waals surface area contributed by atoms with Gasteiger partial charge in [0.25, 0.3) is 0 Å². The molecule has 0 saturated heterocycles. The number of carboxylic acids is 1. The molecule has 33 heavy (non-hydrogen) atoms. The van der Waals surface area contributed by atoms with Gasteiger partial charge in [0.05, 0.1) is 17.3 Å². The number of aromatic nitrogens is 1. The van der Waals surface area contributed by atoms with E-state index in [1.165, 1.54) is 15.8 Å². The number of hydrogen-bond acceptors (Lipinski definition) is 5. The van der Waals surface area contributed by atoms with Crippen molar-refractivity contribution in [2.24, 2.45) is 0 Å². The molecule has 0 fully saturated rings. The van der Waals surface area contributed by atoms with Gasteiger partial charge in [-0.15, -0.1) is 0 Å². The monoisotopic (exact) mass is 456 g/mol. The minimum absolute atomic E-state index is 0.682. The van der Waals surface area contributed by atoms with E-state index in [1.54, 1.807) is 18.4 Å². The zero-order valence-electron chi connectivity index (χ0n) is 18.5. The van der Waals surface area contributed by atoms with Crippen LogP contribution in [-0.2, 0) is 17.8 Å². The van der Waals surface area contributed by atoms with Gasteiger partial charge in [0.1, 0.15) is 5.75 Å². The number of hydrogen-bond donors (Lipinski definition) is 1. The molecule has 1 N–H and O–H groups in total. The SMILES string of the molecule is COc1ccc(CCN(Cc2ccc(C#CC(=O)O)cc2)c2nc3cc(C)ccc3s2)cc1. The Hall–Kier alpha value is -3.82. The predicted molar refractivity (Wildman–Crippen MR) is 133 cm³/mol. The number of fused-ring (bicyclic) bond motifs is 1. The van der Waals surface area contributed by atoms with Crippen LogP contribution < -0.4 is 9.64 Å². The Kier molecular flexibility index (Phi) is 6.92. The molecule has 0 bridgehead atoms. The van der Waals surface area contributed by atoms with E-state index >= 15 is 0 Å². The van der Waals surface area contributed by atoms with Crippen LogP contribution in [0.4, 0.5) is 5.13 Å². The molecular weight excluding hydrogens is 432 g/mol. The zero-order chi connectivity index (χ0) is 23.2. The van der Waals surface area contributed by atoms with Crippen LogP contribution in [0.25, 0.3) is 10.2 Å². The summed E-state index contributed by atoms with van der Waals surface area (Å²) >= 11 is 1.70. The van der Waals surface area contributed by atoms with Gasteiger partial charge in [-0.2, -0.15) is 0 Å². The summed E-state index contributed by atoms with van der Waals surface area (Å²) < 4.78 is 6.44. The maximum atomic E-state index is 10.7. The summed E-state index contributed by atoms with van der Waals surface area (Å²) in [6.45, 7) is 3.59. The van der Waals surface area contributed by atoms with E-state index in [2.05, 4.69) is 54.0 Å². The predicted octanol–water partition coefficient (Wildman–Crippen LogP) is 5.30. The van der Waals surface area contributed by atoms with Crippen LogP contribution in [-0.4, -0.2) is 29.7 Å². The summed E-state index contributed by atoms with van der Waals surface area (Å²) in [7, 11) is 1.67. The molecule has 0 radical (unpaired) electrons. The van der Waals surface area contributed by atoms with E-state index in [4.69, 9.17) is 14.8 Å². The number of thiazole rings is 1.